The molecule has 0 bridgehead atoms. The molecule has 104 valence electrons. The van der Waals surface area contributed by atoms with Gasteiger partial charge >= 0.3 is 5.97 Å². The van der Waals surface area contributed by atoms with Crippen LogP contribution in [0, 0.1) is 0 Å². The lowest BCUT2D eigenvalue weighted by Gasteiger charge is -2.41. The summed E-state index contributed by atoms with van der Waals surface area (Å²) in [5.74, 6) is -0.374. The molecule has 1 rings (SSSR count). The Bertz CT molecular complexity index is 309. The van der Waals surface area contributed by atoms with E-state index in [1.807, 2.05) is 0 Å². The second-order valence-electron chi connectivity index (χ2n) is 5.52. The Morgan fingerprint density at radius 3 is 2.56 bits per heavy atom. The molecular weight excluding hydrogens is 234 g/mol. The second-order valence-corrected chi connectivity index (χ2v) is 5.52. The van der Waals surface area contributed by atoms with Crippen LogP contribution in [-0.4, -0.2) is 55.1 Å². The Hall–Kier alpha value is -0.940. The zero-order valence-electron chi connectivity index (χ0n) is 11.7. The maximum atomic E-state index is 11.9. The highest BCUT2D eigenvalue weighted by Crippen LogP contribution is 2.18. The highest BCUT2D eigenvalue weighted by atomic mass is 16.5. The van der Waals surface area contributed by atoms with E-state index in [-0.39, 0.29) is 30.1 Å². The minimum atomic E-state index is -0.414. The molecule has 5 nitrogen and oxygen atoms in total. The average Bonchev–Trinajstić information content (AvgIpc) is 2.34. The van der Waals surface area contributed by atoms with Crippen molar-refractivity contribution >= 4 is 11.8 Å². The summed E-state index contributed by atoms with van der Waals surface area (Å²) in [6.07, 6.45) is -0.0948. The zero-order valence-corrected chi connectivity index (χ0v) is 11.7. The zero-order chi connectivity index (χ0) is 13.8. The molecule has 1 heterocycles. The third kappa shape index (κ3) is 4.38. The largest absolute Gasteiger partial charge is 0.469 e. The van der Waals surface area contributed by atoms with Crippen LogP contribution in [0.1, 0.15) is 33.6 Å². The molecular formula is C13H23NO4. The topological polar surface area (TPSA) is 55.8 Å². The fourth-order valence-electron chi connectivity index (χ4n) is 1.94. The quantitative estimate of drug-likeness (QED) is 0.703. The molecule has 0 spiro atoms. The van der Waals surface area contributed by atoms with Crippen LogP contribution in [0.3, 0.4) is 0 Å². The minimum absolute atomic E-state index is 0.0191. The summed E-state index contributed by atoms with van der Waals surface area (Å²) < 4.78 is 10.0. The lowest BCUT2D eigenvalue weighted by atomic mass is 10.0. The van der Waals surface area contributed by atoms with Crippen molar-refractivity contribution in [2.45, 2.75) is 45.3 Å². The van der Waals surface area contributed by atoms with Crippen molar-refractivity contribution in [2.75, 3.05) is 26.8 Å². The fraction of sp³-hybridized carbons (Fsp3) is 0.846. The van der Waals surface area contributed by atoms with E-state index in [2.05, 4.69) is 30.4 Å². The van der Waals surface area contributed by atoms with E-state index in [0.717, 1.165) is 6.54 Å². The van der Waals surface area contributed by atoms with E-state index < -0.39 is 6.10 Å². The predicted molar refractivity (Wildman–Crippen MR) is 67.3 cm³/mol. The van der Waals surface area contributed by atoms with Gasteiger partial charge in [-0.2, -0.15) is 0 Å². The van der Waals surface area contributed by atoms with Crippen LogP contribution in [-0.2, 0) is 19.1 Å². The number of methoxy groups -OCH3 is 1. The van der Waals surface area contributed by atoms with Crippen molar-refractivity contribution in [3.8, 4) is 0 Å². The molecule has 0 N–H and O–H groups in total. The highest BCUT2D eigenvalue weighted by molar-refractivity contribution is 5.86. The van der Waals surface area contributed by atoms with Gasteiger partial charge in [0.05, 0.1) is 20.1 Å². The fourth-order valence-corrected chi connectivity index (χ4v) is 1.94. The summed E-state index contributed by atoms with van der Waals surface area (Å²) in [6, 6.07) is 0. The molecule has 5 heteroatoms. The molecule has 18 heavy (non-hydrogen) atoms. The van der Waals surface area contributed by atoms with Crippen molar-refractivity contribution in [1.29, 1.82) is 0 Å². The van der Waals surface area contributed by atoms with Crippen LogP contribution in [0.4, 0.5) is 0 Å². The van der Waals surface area contributed by atoms with E-state index in [1.165, 1.54) is 7.11 Å². The molecule has 0 amide bonds. The Morgan fingerprint density at radius 1 is 1.33 bits per heavy atom. The number of nitrogens with zero attached hydrogens (tertiary/aromatic N) is 1. The number of morpholine rings is 1. The monoisotopic (exact) mass is 257 g/mol. The SMILES string of the molecule is COC(=O)CCC(=O)C1CN(C(C)(C)C)CCO1. The van der Waals surface area contributed by atoms with Gasteiger partial charge in [0.2, 0.25) is 0 Å². The molecule has 0 aromatic rings. The maximum Gasteiger partial charge on any atom is 0.305 e. The summed E-state index contributed by atoms with van der Waals surface area (Å²) in [5, 5.41) is 0. The van der Waals surface area contributed by atoms with E-state index in [1.54, 1.807) is 0 Å². The lowest BCUT2D eigenvalue weighted by molar-refractivity contribution is -0.145. The molecule has 1 unspecified atom stereocenters. The van der Waals surface area contributed by atoms with Gasteiger partial charge in [0.1, 0.15) is 6.10 Å². The summed E-state index contributed by atoms with van der Waals surface area (Å²) in [6.45, 7) is 8.36. The van der Waals surface area contributed by atoms with E-state index in [0.29, 0.717) is 13.2 Å². The van der Waals surface area contributed by atoms with Gasteiger partial charge in [-0.3, -0.25) is 14.5 Å². The van der Waals surface area contributed by atoms with Crippen molar-refractivity contribution in [2.24, 2.45) is 0 Å². The average molecular weight is 257 g/mol. The third-order valence-electron chi connectivity index (χ3n) is 3.18. The van der Waals surface area contributed by atoms with Gasteiger partial charge in [0.15, 0.2) is 5.78 Å². The molecule has 1 atom stereocenters. The first kappa shape index (κ1) is 15.1. The van der Waals surface area contributed by atoms with Crippen molar-refractivity contribution in [3.63, 3.8) is 0 Å². The number of Topliss-reactive ketones (excluding diaryl/α,β-unsaturated/α-hetero) is 1. The number of hydrogen-bond donors (Lipinski definition) is 0. The van der Waals surface area contributed by atoms with Crippen molar-refractivity contribution in [3.05, 3.63) is 0 Å². The number of carbonyl (C=O) groups is 2. The molecule has 1 saturated heterocycles. The number of rotatable bonds is 4. The summed E-state index contributed by atoms with van der Waals surface area (Å²) in [5.41, 5.74) is 0.0324. The van der Waals surface area contributed by atoms with Gasteiger partial charge in [-0.05, 0) is 20.8 Å². The van der Waals surface area contributed by atoms with Crippen LogP contribution in [0.25, 0.3) is 0 Å². The Labute approximate surface area is 108 Å². The van der Waals surface area contributed by atoms with Crippen LogP contribution in [0.5, 0.6) is 0 Å². The van der Waals surface area contributed by atoms with Gasteiger partial charge in [-0.25, -0.2) is 0 Å². The van der Waals surface area contributed by atoms with E-state index >= 15 is 0 Å². The third-order valence-corrected chi connectivity index (χ3v) is 3.18. The standard InChI is InChI=1S/C13H23NO4/c1-13(2,3)14-7-8-18-11(9-14)10(15)5-6-12(16)17-4/h11H,5-9H2,1-4H3. The first-order valence-corrected chi connectivity index (χ1v) is 6.31. The van der Waals surface area contributed by atoms with Gasteiger partial charge in [0, 0.05) is 25.0 Å². The molecule has 1 aliphatic rings. The van der Waals surface area contributed by atoms with Crippen LogP contribution in [0.15, 0.2) is 0 Å². The molecule has 0 saturated carbocycles. The molecule has 0 aliphatic carbocycles. The Balaban J connectivity index is 2.46. The van der Waals surface area contributed by atoms with Gasteiger partial charge in [0.25, 0.3) is 0 Å². The Kier molecular flexibility index (Phi) is 5.28. The number of carbonyl (C=O) groups excluding carboxylic acids is 2. The van der Waals surface area contributed by atoms with Crippen molar-refractivity contribution in [1.82, 2.24) is 4.90 Å². The first-order chi connectivity index (χ1) is 8.34. The summed E-state index contributed by atoms with van der Waals surface area (Å²) in [4.78, 5) is 25.2. The number of ketones is 1. The van der Waals surface area contributed by atoms with Gasteiger partial charge in [-0.15, -0.1) is 0 Å². The van der Waals surface area contributed by atoms with Crippen molar-refractivity contribution < 1.29 is 19.1 Å². The molecule has 1 aliphatic heterocycles. The van der Waals surface area contributed by atoms with E-state index in [9.17, 15) is 9.59 Å². The molecule has 0 radical (unpaired) electrons. The predicted octanol–water partition coefficient (Wildman–Crippen LogP) is 1.01. The highest BCUT2D eigenvalue weighted by Gasteiger charge is 2.31. The molecule has 0 aromatic carbocycles. The van der Waals surface area contributed by atoms with Gasteiger partial charge < -0.3 is 9.47 Å². The number of hydrogen-bond acceptors (Lipinski definition) is 5. The number of ether oxygens (including phenoxy) is 2. The van der Waals surface area contributed by atoms with Gasteiger partial charge in [-0.1, -0.05) is 0 Å². The minimum Gasteiger partial charge on any atom is -0.469 e. The smallest absolute Gasteiger partial charge is 0.305 e. The van der Waals surface area contributed by atoms with Crippen LogP contribution >= 0.6 is 0 Å². The maximum absolute atomic E-state index is 11.9. The lowest BCUT2D eigenvalue weighted by Crippen LogP contribution is -2.53. The summed E-state index contributed by atoms with van der Waals surface area (Å²) >= 11 is 0. The molecule has 1 fully saturated rings. The summed E-state index contributed by atoms with van der Waals surface area (Å²) in [7, 11) is 1.32. The van der Waals surface area contributed by atoms with E-state index in [4.69, 9.17) is 4.74 Å². The van der Waals surface area contributed by atoms with Crippen LogP contribution in [0.2, 0.25) is 0 Å². The normalized spacial score (nSPS) is 21.7. The van der Waals surface area contributed by atoms with Crippen LogP contribution < -0.4 is 0 Å². The second kappa shape index (κ2) is 6.29. The Morgan fingerprint density at radius 2 is 2.00 bits per heavy atom. The first-order valence-electron chi connectivity index (χ1n) is 6.31. The number of esters is 1. The molecule has 0 aromatic heterocycles.